The molecule has 0 saturated heterocycles. The lowest BCUT2D eigenvalue weighted by atomic mass is 10.3. The molecule has 0 aliphatic heterocycles. The van der Waals surface area contributed by atoms with Gasteiger partial charge in [0.25, 0.3) is 0 Å². The minimum absolute atomic E-state index is 0.173. The van der Waals surface area contributed by atoms with E-state index in [-0.39, 0.29) is 12.3 Å². The first kappa shape index (κ1) is 13.6. The van der Waals surface area contributed by atoms with Crippen LogP contribution in [0.25, 0.3) is 11.0 Å². The van der Waals surface area contributed by atoms with Crippen molar-refractivity contribution in [2.45, 2.75) is 26.0 Å². The number of aliphatic hydroxyl groups excluding tert-OH is 1. The number of aliphatic hydroxyl groups is 1. The average Bonchev–Trinajstić information content (AvgIpc) is 2.74. The van der Waals surface area contributed by atoms with Crippen molar-refractivity contribution in [1.82, 2.24) is 15.3 Å². The summed E-state index contributed by atoms with van der Waals surface area (Å²) in [5, 5.41) is 12.9. The molecular weight excluding hydrogens is 246 g/mol. The minimum atomic E-state index is -0.594. The highest BCUT2D eigenvalue weighted by atomic mass is 16.5. The number of hydrogen-bond acceptors (Lipinski definition) is 4. The smallest absolute Gasteiger partial charge is 0.323 e. The van der Waals surface area contributed by atoms with Gasteiger partial charge in [0.2, 0.25) is 0 Å². The van der Waals surface area contributed by atoms with Gasteiger partial charge in [0, 0.05) is 12.6 Å². The van der Waals surface area contributed by atoms with Gasteiger partial charge in [-0.1, -0.05) is 19.9 Å². The molecule has 0 bridgehead atoms. The standard InChI is InChI=1S/C13H19N3O3/c1-8(2)14-6-9(17)7-19-11-5-3-4-10-12(11)16-13(18)15-10/h3-5,8-9,14,17H,6-7H2,1-2H3,(H2,15,16,18)/t9-/m0/s1. The van der Waals surface area contributed by atoms with E-state index >= 15 is 0 Å². The summed E-state index contributed by atoms with van der Waals surface area (Å²) in [6.45, 7) is 4.67. The van der Waals surface area contributed by atoms with Gasteiger partial charge < -0.3 is 25.1 Å². The largest absolute Gasteiger partial charge is 0.489 e. The molecule has 0 unspecified atom stereocenters. The minimum Gasteiger partial charge on any atom is -0.489 e. The van der Waals surface area contributed by atoms with Crippen LogP contribution in [-0.4, -0.2) is 40.4 Å². The lowest BCUT2D eigenvalue weighted by molar-refractivity contribution is 0.105. The normalized spacial score (nSPS) is 13.1. The second-order valence-electron chi connectivity index (χ2n) is 4.79. The first-order chi connectivity index (χ1) is 9.06. The zero-order valence-electron chi connectivity index (χ0n) is 11.1. The molecule has 19 heavy (non-hydrogen) atoms. The van der Waals surface area contributed by atoms with Gasteiger partial charge in [-0.15, -0.1) is 0 Å². The second-order valence-corrected chi connectivity index (χ2v) is 4.79. The molecule has 104 valence electrons. The van der Waals surface area contributed by atoms with Gasteiger partial charge in [-0.05, 0) is 12.1 Å². The van der Waals surface area contributed by atoms with Gasteiger partial charge in [0.05, 0.1) is 5.52 Å². The Labute approximate surface area is 110 Å². The second kappa shape index (κ2) is 5.90. The molecule has 4 N–H and O–H groups in total. The van der Waals surface area contributed by atoms with Crippen LogP contribution in [0.2, 0.25) is 0 Å². The lowest BCUT2D eigenvalue weighted by Crippen LogP contribution is -2.35. The van der Waals surface area contributed by atoms with Crippen LogP contribution < -0.4 is 15.7 Å². The molecular formula is C13H19N3O3. The van der Waals surface area contributed by atoms with E-state index in [9.17, 15) is 9.90 Å². The van der Waals surface area contributed by atoms with E-state index in [1.165, 1.54) is 0 Å². The third-order valence-corrected chi connectivity index (χ3v) is 2.71. The number of aromatic nitrogens is 2. The van der Waals surface area contributed by atoms with Crippen molar-refractivity contribution >= 4 is 11.0 Å². The molecule has 1 aromatic heterocycles. The monoisotopic (exact) mass is 265 g/mol. The number of ether oxygens (including phenoxy) is 1. The van der Waals surface area contributed by atoms with Crippen LogP contribution in [0.15, 0.2) is 23.0 Å². The fourth-order valence-electron chi connectivity index (χ4n) is 1.77. The van der Waals surface area contributed by atoms with Crippen LogP contribution in [-0.2, 0) is 0 Å². The van der Waals surface area contributed by atoms with Gasteiger partial charge in [-0.2, -0.15) is 0 Å². The van der Waals surface area contributed by atoms with Crippen molar-refractivity contribution in [3.63, 3.8) is 0 Å². The summed E-state index contributed by atoms with van der Waals surface area (Å²) in [7, 11) is 0. The molecule has 1 atom stereocenters. The van der Waals surface area contributed by atoms with Gasteiger partial charge in [0.1, 0.15) is 24.0 Å². The predicted octanol–water partition coefficient (Wildman–Crippen LogP) is 0.594. The molecule has 0 amide bonds. The number of fused-ring (bicyclic) bond motifs is 1. The maximum atomic E-state index is 11.2. The van der Waals surface area contributed by atoms with Crippen LogP contribution in [0, 0.1) is 0 Å². The summed E-state index contributed by atoms with van der Waals surface area (Å²) >= 11 is 0. The zero-order valence-corrected chi connectivity index (χ0v) is 11.1. The maximum Gasteiger partial charge on any atom is 0.323 e. The van der Waals surface area contributed by atoms with E-state index in [0.717, 1.165) is 0 Å². The Hall–Kier alpha value is -1.79. The fraction of sp³-hybridized carbons (Fsp3) is 0.462. The number of para-hydroxylation sites is 1. The van der Waals surface area contributed by atoms with Crippen LogP contribution in [0.1, 0.15) is 13.8 Å². The first-order valence-electron chi connectivity index (χ1n) is 6.31. The van der Waals surface area contributed by atoms with Gasteiger partial charge in [-0.25, -0.2) is 4.79 Å². The van der Waals surface area contributed by atoms with E-state index in [1.807, 2.05) is 13.8 Å². The fourth-order valence-corrected chi connectivity index (χ4v) is 1.77. The summed E-state index contributed by atoms with van der Waals surface area (Å²) in [5.74, 6) is 0.555. The highest BCUT2D eigenvalue weighted by Gasteiger charge is 2.09. The molecule has 6 nitrogen and oxygen atoms in total. The van der Waals surface area contributed by atoms with E-state index in [4.69, 9.17) is 4.74 Å². The van der Waals surface area contributed by atoms with Crippen molar-refractivity contribution in [2.75, 3.05) is 13.2 Å². The van der Waals surface area contributed by atoms with Crippen molar-refractivity contribution < 1.29 is 9.84 Å². The van der Waals surface area contributed by atoms with Crippen molar-refractivity contribution in [2.24, 2.45) is 0 Å². The Kier molecular flexibility index (Phi) is 4.24. The van der Waals surface area contributed by atoms with Crippen molar-refractivity contribution in [1.29, 1.82) is 0 Å². The molecule has 2 rings (SSSR count). The number of benzene rings is 1. The molecule has 2 aromatic rings. The molecule has 0 fully saturated rings. The number of aromatic amines is 2. The summed E-state index contributed by atoms with van der Waals surface area (Å²) in [5.41, 5.74) is 1.04. The molecule has 1 aromatic carbocycles. The van der Waals surface area contributed by atoms with Crippen molar-refractivity contribution in [3.05, 3.63) is 28.7 Å². The first-order valence-corrected chi connectivity index (χ1v) is 6.31. The van der Waals surface area contributed by atoms with E-state index in [1.54, 1.807) is 18.2 Å². The van der Waals surface area contributed by atoms with Crippen LogP contribution in [0.3, 0.4) is 0 Å². The Morgan fingerprint density at radius 3 is 2.89 bits per heavy atom. The Balaban J connectivity index is 1.99. The molecule has 0 aliphatic carbocycles. The summed E-state index contributed by atoms with van der Waals surface area (Å²) in [6.07, 6.45) is -0.594. The Morgan fingerprint density at radius 2 is 2.16 bits per heavy atom. The Morgan fingerprint density at radius 1 is 1.37 bits per heavy atom. The lowest BCUT2D eigenvalue weighted by Gasteiger charge is -2.15. The summed E-state index contributed by atoms with van der Waals surface area (Å²) in [6, 6.07) is 5.66. The van der Waals surface area contributed by atoms with Crippen LogP contribution in [0.4, 0.5) is 0 Å². The quantitative estimate of drug-likeness (QED) is 0.615. The van der Waals surface area contributed by atoms with Gasteiger partial charge >= 0.3 is 5.69 Å². The zero-order chi connectivity index (χ0) is 13.8. The van der Waals surface area contributed by atoms with Gasteiger partial charge in [-0.3, -0.25) is 0 Å². The van der Waals surface area contributed by atoms with E-state index in [0.29, 0.717) is 29.4 Å². The van der Waals surface area contributed by atoms with Crippen LogP contribution >= 0.6 is 0 Å². The topological polar surface area (TPSA) is 90.1 Å². The van der Waals surface area contributed by atoms with Crippen molar-refractivity contribution in [3.8, 4) is 5.75 Å². The third kappa shape index (κ3) is 3.59. The number of H-pyrrole nitrogens is 2. The number of hydrogen-bond donors (Lipinski definition) is 4. The predicted molar refractivity (Wildman–Crippen MR) is 73.6 cm³/mol. The van der Waals surface area contributed by atoms with E-state index < -0.39 is 6.10 Å². The molecule has 6 heteroatoms. The number of imidazole rings is 1. The SMILES string of the molecule is CC(C)NC[C@H](O)COc1cccc2[nH]c(=O)[nH]c12. The Bertz CT molecular complexity index is 588. The molecule has 0 spiro atoms. The van der Waals surface area contributed by atoms with Gasteiger partial charge in [0.15, 0.2) is 0 Å². The van der Waals surface area contributed by atoms with E-state index in [2.05, 4.69) is 15.3 Å². The average molecular weight is 265 g/mol. The number of nitrogens with one attached hydrogen (secondary N) is 3. The van der Waals surface area contributed by atoms with Crippen LogP contribution in [0.5, 0.6) is 5.75 Å². The summed E-state index contributed by atoms with van der Waals surface area (Å²) < 4.78 is 5.55. The highest BCUT2D eigenvalue weighted by molar-refractivity contribution is 5.80. The maximum absolute atomic E-state index is 11.2. The molecule has 0 saturated carbocycles. The molecule has 0 radical (unpaired) electrons. The third-order valence-electron chi connectivity index (χ3n) is 2.71. The molecule has 0 aliphatic rings. The summed E-state index contributed by atoms with van der Waals surface area (Å²) in [4.78, 5) is 16.6. The molecule has 1 heterocycles. The number of rotatable bonds is 6. The highest BCUT2D eigenvalue weighted by Crippen LogP contribution is 2.20.